The zero-order chi connectivity index (χ0) is 13.1. The first kappa shape index (κ1) is 12.4. The van der Waals surface area contributed by atoms with Crippen molar-refractivity contribution in [3.05, 3.63) is 60.2 Å². The number of benzene rings is 2. The highest BCUT2D eigenvalue weighted by Crippen LogP contribution is 2.31. The van der Waals surface area contributed by atoms with Crippen LogP contribution < -0.4 is 5.32 Å². The summed E-state index contributed by atoms with van der Waals surface area (Å²) in [4.78, 5) is 0. The van der Waals surface area contributed by atoms with E-state index < -0.39 is 5.60 Å². The van der Waals surface area contributed by atoms with Crippen LogP contribution in [0.1, 0.15) is 18.4 Å². The molecule has 2 aromatic carbocycles. The number of hydrogen-bond acceptors (Lipinski definition) is 2. The predicted molar refractivity (Wildman–Crippen MR) is 77.9 cm³/mol. The molecule has 0 spiro atoms. The summed E-state index contributed by atoms with van der Waals surface area (Å²) in [6.07, 6.45) is 1.58. The van der Waals surface area contributed by atoms with Gasteiger partial charge >= 0.3 is 0 Å². The lowest BCUT2D eigenvalue weighted by atomic mass is 9.84. The van der Waals surface area contributed by atoms with Gasteiger partial charge in [0.1, 0.15) is 0 Å². The van der Waals surface area contributed by atoms with Crippen molar-refractivity contribution in [2.45, 2.75) is 18.4 Å². The van der Waals surface area contributed by atoms with Crippen LogP contribution in [-0.4, -0.2) is 18.2 Å². The molecule has 3 rings (SSSR count). The van der Waals surface area contributed by atoms with E-state index in [0.717, 1.165) is 31.5 Å². The van der Waals surface area contributed by atoms with Crippen LogP contribution >= 0.6 is 0 Å². The van der Waals surface area contributed by atoms with Gasteiger partial charge in [-0.05, 0) is 42.6 Å². The minimum absolute atomic E-state index is 0.652. The summed E-state index contributed by atoms with van der Waals surface area (Å²) in [7, 11) is 0. The molecule has 98 valence electrons. The highest BCUT2D eigenvalue weighted by Gasteiger charge is 2.30. The van der Waals surface area contributed by atoms with Crippen molar-refractivity contribution in [2.75, 3.05) is 13.1 Å². The third kappa shape index (κ3) is 2.55. The monoisotopic (exact) mass is 253 g/mol. The molecule has 0 bridgehead atoms. The van der Waals surface area contributed by atoms with Crippen LogP contribution in [0.3, 0.4) is 0 Å². The molecular formula is C17H19NO. The number of rotatable bonds is 2. The highest BCUT2D eigenvalue weighted by molar-refractivity contribution is 5.63. The largest absolute Gasteiger partial charge is 0.385 e. The van der Waals surface area contributed by atoms with E-state index in [4.69, 9.17) is 0 Å². The third-order valence-corrected chi connectivity index (χ3v) is 3.96. The van der Waals surface area contributed by atoms with Crippen LogP contribution in [0.5, 0.6) is 0 Å². The zero-order valence-corrected chi connectivity index (χ0v) is 11.0. The van der Waals surface area contributed by atoms with Gasteiger partial charge in [0.25, 0.3) is 0 Å². The molecule has 0 radical (unpaired) electrons. The Kier molecular flexibility index (Phi) is 3.36. The van der Waals surface area contributed by atoms with E-state index in [0.29, 0.717) is 0 Å². The standard InChI is InChI=1S/C17H19NO/c19-17(10-12-18-13-11-17)16-8-6-15(7-9-16)14-4-2-1-3-5-14/h1-9,18-19H,10-13H2. The fraction of sp³-hybridized carbons (Fsp3) is 0.294. The highest BCUT2D eigenvalue weighted by atomic mass is 16.3. The van der Waals surface area contributed by atoms with Gasteiger partial charge in [-0.25, -0.2) is 0 Å². The average Bonchev–Trinajstić information content (AvgIpc) is 2.49. The van der Waals surface area contributed by atoms with Gasteiger partial charge in [0.15, 0.2) is 0 Å². The molecular weight excluding hydrogens is 234 g/mol. The van der Waals surface area contributed by atoms with Gasteiger partial charge in [-0.1, -0.05) is 54.6 Å². The number of piperidine rings is 1. The van der Waals surface area contributed by atoms with E-state index in [9.17, 15) is 5.11 Å². The van der Waals surface area contributed by atoms with Crippen LogP contribution in [0, 0.1) is 0 Å². The van der Waals surface area contributed by atoms with Crippen LogP contribution in [0.25, 0.3) is 11.1 Å². The smallest absolute Gasteiger partial charge is 0.0920 e. The second-order valence-corrected chi connectivity index (χ2v) is 5.22. The minimum Gasteiger partial charge on any atom is -0.385 e. The molecule has 2 heteroatoms. The molecule has 1 aliphatic rings. The second kappa shape index (κ2) is 5.16. The fourth-order valence-corrected chi connectivity index (χ4v) is 2.73. The van der Waals surface area contributed by atoms with Crippen LogP contribution in [0.4, 0.5) is 0 Å². The van der Waals surface area contributed by atoms with Crippen LogP contribution in [-0.2, 0) is 5.60 Å². The van der Waals surface area contributed by atoms with Gasteiger partial charge in [0.05, 0.1) is 5.60 Å². The quantitative estimate of drug-likeness (QED) is 0.862. The Hall–Kier alpha value is -1.64. The molecule has 0 unspecified atom stereocenters. The summed E-state index contributed by atoms with van der Waals surface area (Å²) >= 11 is 0. The molecule has 0 aliphatic carbocycles. The van der Waals surface area contributed by atoms with E-state index in [1.165, 1.54) is 11.1 Å². The van der Waals surface area contributed by atoms with Gasteiger partial charge in [0, 0.05) is 0 Å². The number of hydrogen-bond donors (Lipinski definition) is 2. The Morgan fingerprint density at radius 2 is 1.37 bits per heavy atom. The molecule has 19 heavy (non-hydrogen) atoms. The number of aliphatic hydroxyl groups is 1. The summed E-state index contributed by atoms with van der Waals surface area (Å²) in [6, 6.07) is 18.7. The van der Waals surface area contributed by atoms with Crippen molar-refractivity contribution < 1.29 is 5.11 Å². The lowest BCUT2D eigenvalue weighted by molar-refractivity contribution is 0.00595. The topological polar surface area (TPSA) is 32.3 Å². The molecule has 0 saturated carbocycles. The number of nitrogens with one attached hydrogen (secondary N) is 1. The van der Waals surface area contributed by atoms with Crippen LogP contribution in [0.15, 0.2) is 54.6 Å². The Morgan fingerprint density at radius 1 is 0.789 bits per heavy atom. The van der Waals surface area contributed by atoms with E-state index in [1.807, 2.05) is 18.2 Å². The minimum atomic E-state index is -0.652. The maximum Gasteiger partial charge on any atom is 0.0920 e. The summed E-state index contributed by atoms with van der Waals surface area (Å²) in [5.74, 6) is 0. The molecule has 0 atom stereocenters. The van der Waals surface area contributed by atoms with Gasteiger partial charge in [-0.3, -0.25) is 0 Å². The summed E-state index contributed by atoms with van der Waals surface area (Å²) in [6.45, 7) is 1.77. The fourth-order valence-electron chi connectivity index (χ4n) is 2.73. The van der Waals surface area contributed by atoms with Gasteiger partial charge < -0.3 is 10.4 Å². The van der Waals surface area contributed by atoms with Crippen LogP contribution in [0.2, 0.25) is 0 Å². The van der Waals surface area contributed by atoms with E-state index >= 15 is 0 Å². The summed E-state index contributed by atoms with van der Waals surface area (Å²) < 4.78 is 0. The Labute approximate surface area is 114 Å². The first-order chi connectivity index (χ1) is 9.28. The van der Waals surface area contributed by atoms with Crippen molar-refractivity contribution in [1.82, 2.24) is 5.32 Å². The first-order valence-electron chi connectivity index (χ1n) is 6.87. The normalized spacial score (nSPS) is 18.2. The average molecular weight is 253 g/mol. The molecule has 0 amide bonds. The lowest BCUT2D eigenvalue weighted by Gasteiger charge is -2.33. The SMILES string of the molecule is OC1(c2ccc(-c3ccccc3)cc2)CCNCC1. The van der Waals surface area contributed by atoms with Gasteiger partial charge in [-0.15, -0.1) is 0 Å². The maximum atomic E-state index is 10.7. The maximum absolute atomic E-state index is 10.7. The van der Waals surface area contributed by atoms with E-state index in [2.05, 4.69) is 41.7 Å². The molecule has 1 aliphatic heterocycles. The molecule has 2 N–H and O–H groups in total. The van der Waals surface area contributed by atoms with Crippen molar-refractivity contribution in [3.8, 4) is 11.1 Å². The molecule has 1 heterocycles. The van der Waals surface area contributed by atoms with Crippen molar-refractivity contribution in [1.29, 1.82) is 0 Å². The van der Waals surface area contributed by atoms with Crippen molar-refractivity contribution in [3.63, 3.8) is 0 Å². The van der Waals surface area contributed by atoms with Gasteiger partial charge in [-0.2, -0.15) is 0 Å². The molecule has 1 saturated heterocycles. The lowest BCUT2D eigenvalue weighted by Crippen LogP contribution is -2.39. The molecule has 2 aromatic rings. The Bertz CT molecular complexity index is 527. The van der Waals surface area contributed by atoms with Crippen molar-refractivity contribution in [2.24, 2.45) is 0 Å². The van der Waals surface area contributed by atoms with E-state index in [-0.39, 0.29) is 0 Å². The predicted octanol–water partition coefficient (Wildman–Crippen LogP) is 2.92. The summed E-state index contributed by atoms with van der Waals surface area (Å²) in [5.41, 5.74) is 2.79. The van der Waals surface area contributed by atoms with Crippen molar-refractivity contribution >= 4 is 0 Å². The van der Waals surface area contributed by atoms with E-state index in [1.54, 1.807) is 0 Å². The van der Waals surface area contributed by atoms with Gasteiger partial charge in [0.2, 0.25) is 0 Å². The zero-order valence-electron chi connectivity index (χ0n) is 11.0. The third-order valence-electron chi connectivity index (χ3n) is 3.96. The molecule has 0 aromatic heterocycles. The molecule has 2 nitrogen and oxygen atoms in total. The molecule has 1 fully saturated rings. The Morgan fingerprint density at radius 3 is 2.00 bits per heavy atom. The summed E-state index contributed by atoms with van der Waals surface area (Å²) in [5, 5.41) is 14.0. The second-order valence-electron chi connectivity index (χ2n) is 5.22. The Balaban J connectivity index is 1.87. The first-order valence-corrected chi connectivity index (χ1v) is 6.87.